The van der Waals surface area contributed by atoms with Crippen LogP contribution in [0.4, 0.5) is 11.5 Å². The summed E-state index contributed by atoms with van der Waals surface area (Å²) >= 11 is 1.67. The molecule has 2 aromatic heterocycles. The summed E-state index contributed by atoms with van der Waals surface area (Å²) in [6.45, 7) is 5.22. The number of hydrogen-bond acceptors (Lipinski definition) is 6. The summed E-state index contributed by atoms with van der Waals surface area (Å²) in [5, 5.41) is 7.39. The third kappa shape index (κ3) is 4.89. The summed E-state index contributed by atoms with van der Waals surface area (Å²) in [6, 6.07) is 17.8. The first-order valence-electron chi connectivity index (χ1n) is 10.7. The number of nitrogens with one attached hydrogen (secondary N) is 2. The quantitative estimate of drug-likeness (QED) is 0.313. The van der Waals surface area contributed by atoms with Crippen LogP contribution < -0.4 is 15.4 Å². The Morgan fingerprint density at radius 1 is 1.06 bits per heavy atom. The number of carbonyl (C=O) groups is 1. The molecule has 0 radical (unpaired) electrons. The maximum absolute atomic E-state index is 12.4. The lowest BCUT2D eigenvalue weighted by atomic mass is 10.0. The minimum absolute atomic E-state index is 0.0388. The maximum atomic E-state index is 12.4. The van der Waals surface area contributed by atoms with Crippen molar-refractivity contribution in [2.75, 3.05) is 23.8 Å². The second kappa shape index (κ2) is 10.2. The summed E-state index contributed by atoms with van der Waals surface area (Å²) in [5.41, 5.74) is 3.02. The van der Waals surface area contributed by atoms with E-state index in [0.717, 1.165) is 21.6 Å². The molecule has 164 valence electrons. The molecule has 0 saturated heterocycles. The zero-order chi connectivity index (χ0) is 22.3. The van der Waals surface area contributed by atoms with Crippen LogP contribution in [0.5, 0.6) is 5.75 Å². The first-order valence-corrected chi connectivity index (χ1v) is 11.5. The van der Waals surface area contributed by atoms with E-state index in [1.807, 2.05) is 49.4 Å². The van der Waals surface area contributed by atoms with Gasteiger partial charge >= 0.3 is 0 Å². The van der Waals surface area contributed by atoms with E-state index < -0.39 is 0 Å². The average Bonchev–Trinajstić information content (AvgIpc) is 3.15. The predicted molar refractivity (Wildman–Crippen MR) is 132 cm³/mol. The standard InChI is InChI=1S/C25H26N4O2S/c1-3-31-20-13-8-7-12-19(20)29-21(30)14-9-15-26-24-23-22(18-10-5-4-6-11-18)17(2)32-25(23)28-16-27-24/h4-8,10-13,16H,3,9,14-15H2,1-2H3,(H,29,30)(H,26,27,28). The lowest BCUT2D eigenvalue weighted by Gasteiger charge is -2.12. The zero-order valence-electron chi connectivity index (χ0n) is 18.2. The molecule has 2 aromatic carbocycles. The number of fused-ring (bicyclic) bond motifs is 1. The Morgan fingerprint density at radius 2 is 1.84 bits per heavy atom. The van der Waals surface area contributed by atoms with Crippen molar-refractivity contribution < 1.29 is 9.53 Å². The molecule has 7 heteroatoms. The van der Waals surface area contributed by atoms with E-state index in [-0.39, 0.29) is 5.91 Å². The molecule has 0 aliphatic carbocycles. The van der Waals surface area contributed by atoms with Gasteiger partial charge in [-0.05, 0) is 38.0 Å². The lowest BCUT2D eigenvalue weighted by Crippen LogP contribution is -2.14. The van der Waals surface area contributed by atoms with Crippen molar-refractivity contribution in [3.8, 4) is 16.9 Å². The van der Waals surface area contributed by atoms with Crippen LogP contribution in [0.1, 0.15) is 24.6 Å². The highest BCUT2D eigenvalue weighted by Gasteiger charge is 2.16. The van der Waals surface area contributed by atoms with Crippen LogP contribution in [0.3, 0.4) is 0 Å². The second-order valence-corrected chi connectivity index (χ2v) is 8.51. The van der Waals surface area contributed by atoms with Crippen molar-refractivity contribution in [1.82, 2.24) is 9.97 Å². The maximum Gasteiger partial charge on any atom is 0.224 e. The van der Waals surface area contributed by atoms with Crippen LogP contribution in [-0.4, -0.2) is 29.0 Å². The first kappa shape index (κ1) is 21.8. The van der Waals surface area contributed by atoms with Crippen molar-refractivity contribution in [1.29, 1.82) is 0 Å². The third-order valence-electron chi connectivity index (χ3n) is 5.06. The number of carbonyl (C=O) groups excluding carboxylic acids is 1. The topological polar surface area (TPSA) is 76.1 Å². The molecule has 4 aromatic rings. The number of rotatable bonds is 9. The molecule has 6 nitrogen and oxygen atoms in total. The summed E-state index contributed by atoms with van der Waals surface area (Å²) in [6.07, 6.45) is 2.67. The Morgan fingerprint density at radius 3 is 2.66 bits per heavy atom. The smallest absolute Gasteiger partial charge is 0.224 e. The molecule has 1 amide bonds. The van der Waals surface area contributed by atoms with Crippen LogP contribution in [0.25, 0.3) is 21.3 Å². The van der Waals surface area contributed by atoms with Gasteiger partial charge in [-0.1, -0.05) is 42.5 Å². The fourth-order valence-corrected chi connectivity index (χ4v) is 4.66. The SMILES string of the molecule is CCOc1ccccc1NC(=O)CCCNc1ncnc2sc(C)c(-c3ccccc3)c12. The van der Waals surface area contributed by atoms with E-state index in [1.54, 1.807) is 17.7 Å². The molecular weight excluding hydrogens is 420 g/mol. The van der Waals surface area contributed by atoms with Gasteiger partial charge in [0.1, 0.15) is 22.7 Å². The van der Waals surface area contributed by atoms with Gasteiger partial charge in [-0.15, -0.1) is 11.3 Å². The lowest BCUT2D eigenvalue weighted by molar-refractivity contribution is -0.116. The minimum atomic E-state index is -0.0388. The van der Waals surface area contributed by atoms with E-state index in [2.05, 4.69) is 39.7 Å². The molecule has 32 heavy (non-hydrogen) atoms. The van der Waals surface area contributed by atoms with Gasteiger partial charge in [-0.3, -0.25) is 4.79 Å². The van der Waals surface area contributed by atoms with Gasteiger partial charge in [0, 0.05) is 23.4 Å². The monoisotopic (exact) mass is 446 g/mol. The molecule has 0 spiro atoms. The summed E-state index contributed by atoms with van der Waals surface area (Å²) in [7, 11) is 0. The highest BCUT2D eigenvalue weighted by atomic mass is 32.1. The largest absolute Gasteiger partial charge is 0.492 e. The number of ether oxygens (including phenoxy) is 1. The number of nitrogens with zero attached hydrogens (tertiary/aromatic N) is 2. The summed E-state index contributed by atoms with van der Waals surface area (Å²) in [5.74, 6) is 1.45. The molecule has 2 heterocycles. The minimum Gasteiger partial charge on any atom is -0.492 e. The number of aromatic nitrogens is 2. The van der Waals surface area contributed by atoms with Crippen molar-refractivity contribution in [3.63, 3.8) is 0 Å². The van der Waals surface area contributed by atoms with Gasteiger partial charge in [0.05, 0.1) is 17.7 Å². The highest BCUT2D eigenvalue weighted by Crippen LogP contribution is 2.40. The normalized spacial score (nSPS) is 10.8. The molecule has 0 bridgehead atoms. The van der Waals surface area contributed by atoms with Crippen LogP contribution in [0.15, 0.2) is 60.9 Å². The number of para-hydroxylation sites is 2. The van der Waals surface area contributed by atoms with E-state index in [4.69, 9.17) is 4.74 Å². The number of aryl methyl sites for hydroxylation is 1. The van der Waals surface area contributed by atoms with E-state index in [9.17, 15) is 4.79 Å². The van der Waals surface area contributed by atoms with E-state index in [1.165, 1.54) is 10.4 Å². The number of anilines is 2. The van der Waals surface area contributed by atoms with Gasteiger partial charge in [-0.2, -0.15) is 0 Å². The predicted octanol–water partition coefficient (Wildman–Crippen LogP) is 5.90. The van der Waals surface area contributed by atoms with Gasteiger partial charge in [0.2, 0.25) is 5.91 Å². The molecule has 0 saturated carbocycles. The molecule has 0 unspecified atom stereocenters. The number of benzene rings is 2. The Labute approximate surface area is 191 Å². The van der Waals surface area contributed by atoms with Gasteiger partial charge < -0.3 is 15.4 Å². The molecular formula is C25H26N4O2S. The fourth-order valence-electron chi connectivity index (χ4n) is 3.65. The van der Waals surface area contributed by atoms with Crippen molar-refractivity contribution in [3.05, 3.63) is 65.8 Å². The van der Waals surface area contributed by atoms with Crippen LogP contribution in [-0.2, 0) is 4.79 Å². The average molecular weight is 447 g/mol. The Hall–Kier alpha value is -3.45. The number of thiophene rings is 1. The Balaban J connectivity index is 1.41. The van der Waals surface area contributed by atoms with Crippen molar-refractivity contribution in [2.24, 2.45) is 0 Å². The van der Waals surface area contributed by atoms with Crippen LogP contribution in [0.2, 0.25) is 0 Å². The molecule has 0 fully saturated rings. The van der Waals surface area contributed by atoms with Crippen LogP contribution in [0, 0.1) is 6.92 Å². The highest BCUT2D eigenvalue weighted by molar-refractivity contribution is 7.19. The second-order valence-electron chi connectivity index (χ2n) is 7.31. The molecule has 0 aliphatic rings. The van der Waals surface area contributed by atoms with Gasteiger partial charge in [0.25, 0.3) is 0 Å². The molecule has 4 rings (SSSR count). The molecule has 2 N–H and O–H groups in total. The van der Waals surface area contributed by atoms with Gasteiger partial charge in [0.15, 0.2) is 0 Å². The Bertz CT molecular complexity index is 1210. The fraction of sp³-hybridized carbons (Fsp3) is 0.240. The number of hydrogen-bond donors (Lipinski definition) is 2. The Kier molecular flexibility index (Phi) is 6.97. The van der Waals surface area contributed by atoms with E-state index in [0.29, 0.717) is 37.4 Å². The molecule has 0 atom stereocenters. The van der Waals surface area contributed by atoms with Crippen molar-refractivity contribution >= 4 is 39.0 Å². The third-order valence-corrected chi connectivity index (χ3v) is 6.07. The van der Waals surface area contributed by atoms with Crippen molar-refractivity contribution in [2.45, 2.75) is 26.7 Å². The summed E-state index contributed by atoms with van der Waals surface area (Å²) in [4.78, 5) is 23.5. The first-order chi connectivity index (χ1) is 15.7. The summed E-state index contributed by atoms with van der Waals surface area (Å²) < 4.78 is 5.57. The van der Waals surface area contributed by atoms with Crippen LogP contribution >= 0.6 is 11.3 Å². The van der Waals surface area contributed by atoms with Gasteiger partial charge in [-0.25, -0.2) is 9.97 Å². The van der Waals surface area contributed by atoms with E-state index >= 15 is 0 Å². The number of amides is 1. The zero-order valence-corrected chi connectivity index (χ0v) is 19.0. The molecule has 0 aliphatic heterocycles.